The summed E-state index contributed by atoms with van der Waals surface area (Å²) < 4.78 is 0.888. The van der Waals surface area contributed by atoms with E-state index in [1.54, 1.807) is 24.3 Å². The summed E-state index contributed by atoms with van der Waals surface area (Å²) in [6.45, 7) is -0.131. The maximum atomic E-state index is 11.9. The molecule has 6 nitrogen and oxygen atoms in total. The van der Waals surface area contributed by atoms with Crippen molar-refractivity contribution in [3.8, 4) is 0 Å². The molecule has 0 bridgehead atoms. The van der Waals surface area contributed by atoms with Gasteiger partial charge < -0.3 is 10.6 Å². The zero-order chi connectivity index (χ0) is 16.7. The third-order valence-corrected chi connectivity index (χ3v) is 4.27. The van der Waals surface area contributed by atoms with Gasteiger partial charge in [-0.2, -0.15) is 0 Å². The molecule has 0 aliphatic heterocycles. The van der Waals surface area contributed by atoms with Crippen LogP contribution in [0.1, 0.15) is 36.0 Å². The Morgan fingerprint density at radius 1 is 1.13 bits per heavy atom. The first-order valence-corrected chi connectivity index (χ1v) is 8.64. The second-order valence-electron chi connectivity index (χ2n) is 5.32. The van der Waals surface area contributed by atoms with E-state index in [4.69, 9.17) is 12.2 Å². The first-order valence-electron chi connectivity index (χ1n) is 7.44. The highest BCUT2D eigenvalue weighted by atomic mass is 79.9. The van der Waals surface area contributed by atoms with E-state index >= 15 is 0 Å². The number of carbonyl (C=O) groups is 2. The van der Waals surface area contributed by atoms with Gasteiger partial charge in [-0.05, 0) is 49.3 Å². The molecule has 0 atom stereocenters. The Hall–Kier alpha value is -1.67. The molecular weight excluding hydrogens is 380 g/mol. The Bertz CT molecular complexity index is 573. The van der Waals surface area contributed by atoms with Gasteiger partial charge in [-0.25, -0.2) is 0 Å². The lowest BCUT2D eigenvalue weighted by molar-refractivity contribution is -0.120. The van der Waals surface area contributed by atoms with Crippen molar-refractivity contribution in [2.24, 2.45) is 0 Å². The van der Waals surface area contributed by atoms with Crippen LogP contribution in [0.2, 0.25) is 0 Å². The summed E-state index contributed by atoms with van der Waals surface area (Å²) >= 11 is 8.40. The topological polar surface area (TPSA) is 82.3 Å². The normalized spacial score (nSPS) is 14.1. The Kier molecular flexibility index (Phi) is 6.79. The molecule has 1 aliphatic carbocycles. The Morgan fingerprint density at radius 2 is 1.78 bits per heavy atom. The van der Waals surface area contributed by atoms with Crippen molar-refractivity contribution in [3.05, 3.63) is 34.3 Å². The van der Waals surface area contributed by atoms with E-state index in [2.05, 4.69) is 37.4 Å². The number of hydrazine groups is 1. The minimum absolute atomic E-state index is 0.131. The summed E-state index contributed by atoms with van der Waals surface area (Å²) in [4.78, 5) is 23.6. The molecule has 0 radical (unpaired) electrons. The van der Waals surface area contributed by atoms with Gasteiger partial charge in [0.25, 0.3) is 11.8 Å². The minimum atomic E-state index is -0.369. The van der Waals surface area contributed by atoms with Crippen LogP contribution in [-0.4, -0.2) is 29.5 Å². The highest BCUT2D eigenvalue weighted by Crippen LogP contribution is 2.17. The average Bonchev–Trinajstić information content (AvgIpc) is 3.04. The van der Waals surface area contributed by atoms with Gasteiger partial charge in [0.05, 0.1) is 6.54 Å². The molecule has 1 aromatic rings. The highest BCUT2D eigenvalue weighted by Gasteiger charge is 2.15. The van der Waals surface area contributed by atoms with Gasteiger partial charge in [0.2, 0.25) is 0 Å². The summed E-state index contributed by atoms with van der Waals surface area (Å²) in [6.07, 6.45) is 4.60. The van der Waals surface area contributed by atoms with Crippen LogP contribution < -0.4 is 21.5 Å². The lowest BCUT2D eigenvalue weighted by Gasteiger charge is -2.16. The van der Waals surface area contributed by atoms with E-state index in [1.807, 2.05) is 0 Å². The minimum Gasteiger partial charge on any atom is -0.359 e. The molecule has 1 saturated carbocycles. The first-order chi connectivity index (χ1) is 11.0. The van der Waals surface area contributed by atoms with Crippen LogP contribution in [0.4, 0.5) is 0 Å². The van der Waals surface area contributed by atoms with E-state index in [9.17, 15) is 9.59 Å². The third-order valence-electron chi connectivity index (χ3n) is 3.52. The monoisotopic (exact) mass is 398 g/mol. The number of halogens is 1. The van der Waals surface area contributed by atoms with Gasteiger partial charge in [0, 0.05) is 16.1 Å². The first kappa shape index (κ1) is 17.7. The maximum Gasteiger partial charge on any atom is 0.257 e. The zero-order valence-electron chi connectivity index (χ0n) is 12.5. The summed E-state index contributed by atoms with van der Waals surface area (Å²) in [5.41, 5.74) is 5.59. The molecule has 0 heterocycles. The van der Waals surface area contributed by atoms with Gasteiger partial charge >= 0.3 is 0 Å². The van der Waals surface area contributed by atoms with Crippen LogP contribution in [0.25, 0.3) is 0 Å². The van der Waals surface area contributed by atoms with Crippen molar-refractivity contribution in [2.45, 2.75) is 31.7 Å². The van der Waals surface area contributed by atoms with Gasteiger partial charge in [-0.15, -0.1) is 0 Å². The smallest absolute Gasteiger partial charge is 0.257 e. The van der Waals surface area contributed by atoms with Crippen molar-refractivity contribution in [1.29, 1.82) is 0 Å². The molecule has 1 fully saturated rings. The molecule has 23 heavy (non-hydrogen) atoms. The number of hydrogen-bond acceptors (Lipinski definition) is 3. The lowest BCUT2D eigenvalue weighted by atomic mass is 10.2. The van der Waals surface area contributed by atoms with Gasteiger partial charge in [-0.1, -0.05) is 28.8 Å². The van der Waals surface area contributed by atoms with E-state index in [0.717, 1.165) is 17.3 Å². The van der Waals surface area contributed by atoms with Crippen molar-refractivity contribution in [2.75, 3.05) is 6.54 Å². The molecule has 0 aromatic heterocycles. The third kappa shape index (κ3) is 6.15. The Labute approximate surface area is 148 Å². The summed E-state index contributed by atoms with van der Waals surface area (Å²) in [6, 6.07) is 7.27. The standard InChI is InChI=1S/C15H19BrN4O2S/c16-11-7-5-10(6-8-11)14(22)17-9-13(21)19-20-15(23)18-12-3-1-2-4-12/h5-8,12H,1-4,9H2,(H,17,22)(H,19,21)(H2,18,20,23). The van der Waals surface area contributed by atoms with Crippen molar-refractivity contribution >= 4 is 45.1 Å². The van der Waals surface area contributed by atoms with Crippen LogP contribution in [0.5, 0.6) is 0 Å². The van der Waals surface area contributed by atoms with E-state index in [-0.39, 0.29) is 18.4 Å². The largest absolute Gasteiger partial charge is 0.359 e. The van der Waals surface area contributed by atoms with Gasteiger partial charge in [-0.3, -0.25) is 20.4 Å². The number of amides is 2. The molecule has 8 heteroatoms. The van der Waals surface area contributed by atoms with Crippen LogP contribution in [-0.2, 0) is 4.79 Å². The molecule has 1 aromatic carbocycles. The molecule has 2 amide bonds. The fourth-order valence-electron chi connectivity index (χ4n) is 2.33. The van der Waals surface area contributed by atoms with Crippen molar-refractivity contribution < 1.29 is 9.59 Å². The fourth-order valence-corrected chi connectivity index (χ4v) is 2.81. The molecule has 0 spiro atoms. The van der Waals surface area contributed by atoms with Crippen LogP contribution in [0, 0.1) is 0 Å². The van der Waals surface area contributed by atoms with Gasteiger partial charge in [0.15, 0.2) is 5.11 Å². The van der Waals surface area contributed by atoms with E-state index in [0.29, 0.717) is 16.7 Å². The Morgan fingerprint density at radius 3 is 2.43 bits per heavy atom. The maximum absolute atomic E-state index is 11.9. The van der Waals surface area contributed by atoms with E-state index in [1.165, 1.54) is 12.8 Å². The molecular formula is C15H19BrN4O2S. The number of benzene rings is 1. The van der Waals surface area contributed by atoms with Crippen molar-refractivity contribution in [3.63, 3.8) is 0 Å². The molecule has 1 aliphatic rings. The summed E-state index contributed by atoms with van der Waals surface area (Å²) in [5.74, 6) is -0.676. The van der Waals surface area contributed by atoms with Crippen LogP contribution >= 0.6 is 28.1 Å². The second-order valence-corrected chi connectivity index (χ2v) is 6.64. The molecule has 124 valence electrons. The fraction of sp³-hybridized carbons (Fsp3) is 0.400. The summed E-state index contributed by atoms with van der Waals surface area (Å²) in [5, 5.41) is 6.08. The quantitative estimate of drug-likeness (QED) is 0.457. The number of thiocarbonyl (C=S) groups is 1. The van der Waals surface area contributed by atoms with Crippen LogP contribution in [0.3, 0.4) is 0 Å². The van der Waals surface area contributed by atoms with Gasteiger partial charge in [0.1, 0.15) is 0 Å². The average molecular weight is 399 g/mol. The molecule has 0 saturated heterocycles. The van der Waals surface area contributed by atoms with E-state index < -0.39 is 0 Å². The lowest BCUT2D eigenvalue weighted by Crippen LogP contribution is -2.51. The predicted molar refractivity (Wildman–Crippen MR) is 95.7 cm³/mol. The number of nitrogens with one attached hydrogen (secondary N) is 4. The SMILES string of the molecule is O=C(CNC(=O)c1ccc(Br)cc1)NNC(=S)NC1CCCC1. The van der Waals surface area contributed by atoms with Crippen LogP contribution in [0.15, 0.2) is 28.7 Å². The molecule has 0 unspecified atom stereocenters. The predicted octanol–water partition coefficient (Wildman–Crippen LogP) is 1.62. The Balaban J connectivity index is 1.65. The highest BCUT2D eigenvalue weighted by molar-refractivity contribution is 9.10. The number of carbonyl (C=O) groups excluding carboxylic acids is 2. The second kappa shape index (κ2) is 8.83. The zero-order valence-corrected chi connectivity index (χ0v) is 14.9. The molecule has 2 rings (SSSR count). The molecule has 4 N–H and O–H groups in total. The van der Waals surface area contributed by atoms with Crippen molar-refractivity contribution in [1.82, 2.24) is 21.5 Å². The number of hydrogen-bond donors (Lipinski definition) is 4. The number of rotatable bonds is 4. The summed E-state index contributed by atoms with van der Waals surface area (Å²) in [7, 11) is 0.